The number of thiazole rings is 1. The van der Waals surface area contributed by atoms with Gasteiger partial charge < -0.3 is 16.0 Å². The maximum atomic E-state index is 13.0. The van der Waals surface area contributed by atoms with E-state index in [1.165, 1.54) is 12.5 Å². The SMILES string of the molecule is CNc1ncnc(C(=O)NC(C)c2ncc(C(=O)Nc3cc(C(F)(F)F)c(Cl)cn3)s2)c1Cl. The molecule has 174 valence electrons. The number of amides is 2. The average molecular weight is 520 g/mol. The summed E-state index contributed by atoms with van der Waals surface area (Å²) < 4.78 is 39.0. The molecule has 3 N–H and O–H groups in total. The molecule has 0 spiro atoms. The largest absolute Gasteiger partial charge is 0.418 e. The Balaban J connectivity index is 1.70. The molecule has 1 atom stereocenters. The molecule has 0 fully saturated rings. The molecule has 2 amide bonds. The summed E-state index contributed by atoms with van der Waals surface area (Å²) in [6.07, 6.45) is -1.49. The molecule has 15 heteroatoms. The number of rotatable bonds is 6. The van der Waals surface area contributed by atoms with Crippen molar-refractivity contribution in [2.45, 2.75) is 19.1 Å². The number of nitrogens with zero attached hydrogens (tertiary/aromatic N) is 4. The lowest BCUT2D eigenvalue weighted by Crippen LogP contribution is -2.28. The van der Waals surface area contributed by atoms with Gasteiger partial charge in [0.2, 0.25) is 0 Å². The Labute approximate surface area is 198 Å². The van der Waals surface area contributed by atoms with E-state index in [1.54, 1.807) is 14.0 Å². The van der Waals surface area contributed by atoms with E-state index in [1.807, 2.05) is 0 Å². The molecule has 0 aliphatic carbocycles. The second-order valence-electron chi connectivity index (χ2n) is 6.39. The number of anilines is 2. The van der Waals surface area contributed by atoms with Gasteiger partial charge in [-0.3, -0.25) is 9.59 Å². The van der Waals surface area contributed by atoms with Crippen LogP contribution in [0.15, 0.2) is 24.8 Å². The van der Waals surface area contributed by atoms with Gasteiger partial charge in [0.1, 0.15) is 32.9 Å². The molecule has 0 radical (unpaired) electrons. The van der Waals surface area contributed by atoms with Crippen LogP contribution >= 0.6 is 34.5 Å². The van der Waals surface area contributed by atoms with Crippen LogP contribution in [0.4, 0.5) is 24.8 Å². The van der Waals surface area contributed by atoms with Gasteiger partial charge in [-0.25, -0.2) is 19.9 Å². The molecule has 3 heterocycles. The molecule has 0 saturated heterocycles. The topological polar surface area (TPSA) is 122 Å². The van der Waals surface area contributed by atoms with E-state index in [2.05, 4.69) is 35.9 Å². The lowest BCUT2D eigenvalue weighted by Gasteiger charge is -2.12. The summed E-state index contributed by atoms with van der Waals surface area (Å²) in [5, 5.41) is 7.48. The van der Waals surface area contributed by atoms with Gasteiger partial charge in [-0.1, -0.05) is 23.2 Å². The van der Waals surface area contributed by atoms with Crippen molar-refractivity contribution in [3.05, 3.63) is 56.0 Å². The number of halogens is 5. The summed E-state index contributed by atoms with van der Waals surface area (Å²) >= 11 is 12.6. The quantitative estimate of drug-likeness (QED) is 0.440. The van der Waals surface area contributed by atoms with Crippen LogP contribution in [0.3, 0.4) is 0 Å². The molecule has 3 aromatic heterocycles. The van der Waals surface area contributed by atoms with E-state index >= 15 is 0 Å². The zero-order valence-corrected chi connectivity index (χ0v) is 19.1. The van der Waals surface area contributed by atoms with Crippen LogP contribution < -0.4 is 16.0 Å². The highest BCUT2D eigenvalue weighted by Crippen LogP contribution is 2.35. The predicted molar refractivity (Wildman–Crippen MR) is 117 cm³/mol. The number of carbonyl (C=O) groups excluding carboxylic acids is 2. The van der Waals surface area contributed by atoms with E-state index < -0.39 is 34.6 Å². The number of hydrogen-bond acceptors (Lipinski definition) is 8. The molecule has 0 aliphatic rings. The van der Waals surface area contributed by atoms with E-state index in [-0.39, 0.29) is 27.2 Å². The third kappa shape index (κ3) is 5.67. The van der Waals surface area contributed by atoms with E-state index in [4.69, 9.17) is 23.2 Å². The maximum absolute atomic E-state index is 13.0. The van der Waals surface area contributed by atoms with Crippen molar-refractivity contribution < 1.29 is 22.8 Å². The summed E-state index contributed by atoms with van der Waals surface area (Å²) in [5.41, 5.74) is -1.17. The van der Waals surface area contributed by atoms with Gasteiger partial charge in [-0.05, 0) is 13.0 Å². The lowest BCUT2D eigenvalue weighted by molar-refractivity contribution is -0.137. The van der Waals surface area contributed by atoms with Crippen LogP contribution in [-0.2, 0) is 6.18 Å². The van der Waals surface area contributed by atoms with Crippen molar-refractivity contribution in [2.24, 2.45) is 0 Å². The Hall–Kier alpha value is -3.03. The normalized spacial score (nSPS) is 12.2. The fourth-order valence-electron chi connectivity index (χ4n) is 2.52. The molecule has 3 aromatic rings. The van der Waals surface area contributed by atoms with Crippen LogP contribution in [0.2, 0.25) is 10.0 Å². The monoisotopic (exact) mass is 519 g/mol. The Bertz CT molecular complexity index is 1210. The first-order chi connectivity index (χ1) is 15.5. The van der Waals surface area contributed by atoms with Crippen LogP contribution in [0.25, 0.3) is 0 Å². The number of pyridine rings is 1. The van der Waals surface area contributed by atoms with Crippen LogP contribution in [0.1, 0.15) is 43.7 Å². The van der Waals surface area contributed by atoms with Gasteiger partial charge in [0.15, 0.2) is 5.69 Å². The summed E-state index contributed by atoms with van der Waals surface area (Å²) in [4.78, 5) is 40.6. The van der Waals surface area contributed by atoms with Gasteiger partial charge in [0.05, 0.1) is 22.8 Å². The smallest absolute Gasteiger partial charge is 0.372 e. The standard InChI is InChI=1S/C18H14Cl2F3N7O2S/c1-7(29-16(32)13-12(20)14(24-2)28-6-27-13)17-26-5-10(33-17)15(31)30-11-3-8(18(21,22)23)9(19)4-25-11/h3-7H,1-2H3,(H,29,32)(H,24,27,28)(H,25,30,31). The molecule has 1 unspecified atom stereocenters. The zero-order chi connectivity index (χ0) is 24.3. The number of aromatic nitrogens is 4. The first kappa shape index (κ1) is 24.6. The molecule has 3 rings (SSSR count). The fraction of sp³-hybridized carbons (Fsp3) is 0.222. The molecule has 9 nitrogen and oxygen atoms in total. The summed E-state index contributed by atoms with van der Waals surface area (Å²) in [5.74, 6) is -1.36. The first-order valence-corrected chi connectivity index (χ1v) is 10.6. The predicted octanol–water partition coefficient (Wildman–Crippen LogP) is 4.44. The number of carbonyl (C=O) groups is 2. The highest BCUT2D eigenvalue weighted by Gasteiger charge is 2.34. The number of nitrogens with one attached hydrogen (secondary N) is 3. The first-order valence-electron chi connectivity index (χ1n) is 9.00. The maximum Gasteiger partial charge on any atom is 0.418 e. The summed E-state index contributed by atoms with van der Waals surface area (Å²) in [6, 6.07) is 0.00853. The number of hydrogen-bond donors (Lipinski definition) is 3. The van der Waals surface area contributed by atoms with Gasteiger partial charge in [0, 0.05) is 13.2 Å². The third-order valence-electron chi connectivity index (χ3n) is 4.11. The van der Waals surface area contributed by atoms with Crippen molar-refractivity contribution >= 4 is 58.0 Å². The molecular formula is C18H14Cl2F3N7O2S. The van der Waals surface area contributed by atoms with Crippen molar-refractivity contribution in [1.29, 1.82) is 0 Å². The van der Waals surface area contributed by atoms with Crippen molar-refractivity contribution in [3.8, 4) is 0 Å². The second-order valence-corrected chi connectivity index (χ2v) is 8.24. The van der Waals surface area contributed by atoms with Crippen molar-refractivity contribution in [3.63, 3.8) is 0 Å². The van der Waals surface area contributed by atoms with Crippen LogP contribution in [0, 0.1) is 0 Å². The number of alkyl halides is 3. The minimum Gasteiger partial charge on any atom is -0.372 e. The Morgan fingerprint density at radius 3 is 2.48 bits per heavy atom. The minimum atomic E-state index is -4.70. The minimum absolute atomic E-state index is 0.0394. The van der Waals surface area contributed by atoms with Gasteiger partial charge in [-0.2, -0.15) is 13.2 Å². The third-order valence-corrected chi connectivity index (χ3v) is 5.95. The Morgan fingerprint density at radius 2 is 1.82 bits per heavy atom. The van der Waals surface area contributed by atoms with E-state index in [0.717, 1.165) is 17.5 Å². The fourth-order valence-corrected chi connectivity index (χ4v) is 3.83. The average Bonchev–Trinajstić information content (AvgIpc) is 3.25. The molecule has 0 bridgehead atoms. The Morgan fingerprint density at radius 1 is 1.09 bits per heavy atom. The molecule has 0 aromatic carbocycles. The lowest BCUT2D eigenvalue weighted by atomic mass is 10.2. The van der Waals surface area contributed by atoms with Crippen molar-refractivity contribution in [2.75, 3.05) is 17.7 Å². The van der Waals surface area contributed by atoms with Crippen LogP contribution in [0.5, 0.6) is 0 Å². The highest BCUT2D eigenvalue weighted by molar-refractivity contribution is 7.13. The van der Waals surface area contributed by atoms with Crippen molar-refractivity contribution in [1.82, 2.24) is 25.3 Å². The van der Waals surface area contributed by atoms with Gasteiger partial charge in [0.25, 0.3) is 11.8 Å². The molecule has 0 aliphatic heterocycles. The summed E-state index contributed by atoms with van der Waals surface area (Å²) in [6.45, 7) is 1.63. The zero-order valence-electron chi connectivity index (χ0n) is 16.8. The second kappa shape index (κ2) is 9.85. The highest BCUT2D eigenvalue weighted by atomic mass is 35.5. The Kier molecular flexibility index (Phi) is 7.34. The van der Waals surface area contributed by atoms with Gasteiger partial charge >= 0.3 is 6.18 Å². The van der Waals surface area contributed by atoms with E-state index in [0.29, 0.717) is 11.1 Å². The summed E-state index contributed by atoms with van der Waals surface area (Å²) in [7, 11) is 1.59. The van der Waals surface area contributed by atoms with E-state index in [9.17, 15) is 22.8 Å². The molecule has 0 saturated carbocycles. The van der Waals surface area contributed by atoms with Crippen LogP contribution in [-0.4, -0.2) is 38.8 Å². The van der Waals surface area contributed by atoms with Gasteiger partial charge in [-0.15, -0.1) is 11.3 Å². The molecule has 33 heavy (non-hydrogen) atoms. The molecular weight excluding hydrogens is 506 g/mol.